The van der Waals surface area contributed by atoms with Crippen LogP contribution in [0.15, 0.2) is 42.0 Å². The van der Waals surface area contributed by atoms with E-state index in [1.165, 1.54) is 5.57 Å². The van der Waals surface area contributed by atoms with Crippen molar-refractivity contribution in [3.8, 4) is 5.75 Å². The van der Waals surface area contributed by atoms with Crippen LogP contribution in [0, 0.1) is 0 Å². The molecule has 2 atom stereocenters. The number of carbonyl (C=O) groups is 1. The average Bonchev–Trinajstić information content (AvgIpc) is 2.78. The number of rotatable bonds is 4. The molecule has 130 valence electrons. The first-order chi connectivity index (χ1) is 11.4. The first kappa shape index (κ1) is 16.9. The second-order valence-electron chi connectivity index (χ2n) is 7.63. The normalized spacial score (nSPS) is 23.0. The standard InChI is InChI=1S/C20H27NO3/c1-20(2,3)24-19(22)21-16-9-10-17(21)14-15(13-16)11-12-23-18-7-5-4-6-8-18/h4-8,13,16-17H,9-12,14H2,1-3H3. The van der Waals surface area contributed by atoms with Gasteiger partial charge >= 0.3 is 6.09 Å². The molecule has 1 aromatic carbocycles. The van der Waals surface area contributed by atoms with Crippen LogP contribution >= 0.6 is 0 Å². The molecule has 0 N–H and O–H groups in total. The zero-order valence-corrected chi connectivity index (χ0v) is 14.8. The van der Waals surface area contributed by atoms with Crippen LogP contribution in [0.1, 0.15) is 46.5 Å². The Bertz CT molecular complexity index is 603. The van der Waals surface area contributed by atoms with Crippen molar-refractivity contribution in [1.29, 1.82) is 0 Å². The Morgan fingerprint density at radius 2 is 1.96 bits per heavy atom. The van der Waals surface area contributed by atoms with Crippen molar-refractivity contribution in [2.24, 2.45) is 0 Å². The van der Waals surface area contributed by atoms with E-state index < -0.39 is 5.60 Å². The molecule has 0 saturated carbocycles. The van der Waals surface area contributed by atoms with Gasteiger partial charge in [-0.3, -0.25) is 4.90 Å². The molecular weight excluding hydrogens is 302 g/mol. The van der Waals surface area contributed by atoms with Gasteiger partial charge in [0.15, 0.2) is 0 Å². The van der Waals surface area contributed by atoms with Crippen LogP contribution in [0.25, 0.3) is 0 Å². The summed E-state index contributed by atoms with van der Waals surface area (Å²) in [5.41, 5.74) is 0.961. The first-order valence-electron chi connectivity index (χ1n) is 8.81. The molecule has 2 heterocycles. The van der Waals surface area contributed by atoms with Crippen molar-refractivity contribution in [3.63, 3.8) is 0 Å². The molecule has 0 radical (unpaired) electrons. The Balaban J connectivity index is 1.55. The second-order valence-corrected chi connectivity index (χ2v) is 7.63. The number of hydrogen-bond acceptors (Lipinski definition) is 3. The summed E-state index contributed by atoms with van der Waals surface area (Å²) in [6.07, 6.45) is 6.03. The van der Waals surface area contributed by atoms with E-state index in [-0.39, 0.29) is 18.2 Å². The van der Waals surface area contributed by atoms with Gasteiger partial charge in [0, 0.05) is 12.5 Å². The third kappa shape index (κ3) is 4.11. The quantitative estimate of drug-likeness (QED) is 0.761. The van der Waals surface area contributed by atoms with Crippen molar-refractivity contribution in [3.05, 3.63) is 42.0 Å². The molecule has 2 aliphatic heterocycles. The predicted octanol–water partition coefficient (Wildman–Crippen LogP) is 4.55. The highest BCUT2D eigenvalue weighted by Crippen LogP contribution is 2.36. The van der Waals surface area contributed by atoms with E-state index in [0.29, 0.717) is 6.61 Å². The van der Waals surface area contributed by atoms with Gasteiger partial charge in [-0.05, 0) is 52.2 Å². The maximum absolute atomic E-state index is 12.4. The van der Waals surface area contributed by atoms with Crippen molar-refractivity contribution in [1.82, 2.24) is 4.90 Å². The van der Waals surface area contributed by atoms with E-state index >= 15 is 0 Å². The molecule has 4 nitrogen and oxygen atoms in total. The van der Waals surface area contributed by atoms with Crippen LogP contribution in [0.5, 0.6) is 5.75 Å². The summed E-state index contributed by atoms with van der Waals surface area (Å²) >= 11 is 0. The Labute approximate surface area is 144 Å². The molecule has 0 aliphatic carbocycles. The van der Waals surface area contributed by atoms with Crippen LogP contribution in [-0.4, -0.2) is 35.3 Å². The SMILES string of the molecule is CC(C)(C)OC(=O)N1C2C=C(CCOc3ccccc3)CC1CC2. The molecule has 1 aromatic rings. The molecule has 2 unspecified atom stereocenters. The van der Waals surface area contributed by atoms with E-state index in [1.54, 1.807) is 0 Å². The van der Waals surface area contributed by atoms with Gasteiger partial charge in [0.05, 0.1) is 12.6 Å². The number of hydrogen-bond donors (Lipinski definition) is 0. The lowest BCUT2D eigenvalue weighted by Crippen LogP contribution is -2.45. The molecular formula is C20H27NO3. The molecule has 3 rings (SSSR count). The van der Waals surface area contributed by atoms with Crippen molar-refractivity contribution < 1.29 is 14.3 Å². The van der Waals surface area contributed by atoms with E-state index in [4.69, 9.17) is 9.47 Å². The van der Waals surface area contributed by atoms with Gasteiger partial charge in [-0.15, -0.1) is 0 Å². The lowest BCUT2D eigenvalue weighted by Gasteiger charge is -2.35. The van der Waals surface area contributed by atoms with Gasteiger partial charge in [0.2, 0.25) is 0 Å². The molecule has 1 amide bonds. The van der Waals surface area contributed by atoms with Gasteiger partial charge in [-0.25, -0.2) is 4.79 Å². The Morgan fingerprint density at radius 3 is 2.62 bits per heavy atom. The Hall–Kier alpha value is -1.97. The first-order valence-corrected chi connectivity index (χ1v) is 8.81. The van der Waals surface area contributed by atoms with E-state index in [1.807, 2.05) is 56.0 Å². The van der Waals surface area contributed by atoms with Gasteiger partial charge in [-0.1, -0.05) is 29.8 Å². The third-order valence-corrected chi connectivity index (χ3v) is 4.51. The highest BCUT2D eigenvalue weighted by Gasteiger charge is 2.41. The monoisotopic (exact) mass is 329 g/mol. The number of benzene rings is 1. The molecule has 2 bridgehead atoms. The van der Waals surface area contributed by atoms with Crippen LogP contribution in [-0.2, 0) is 4.74 Å². The zero-order valence-electron chi connectivity index (χ0n) is 14.8. The number of carbonyl (C=O) groups excluding carboxylic acids is 1. The van der Waals surface area contributed by atoms with Crippen molar-refractivity contribution in [2.45, 2.75) is 64.1 Å². The fourth-order valence-electron chi connectivity index (χ4n) is 3.52. The molecule has 24 heavy (non-hydrogen) atoms. The highest BCUT2D eigenvalue weighted by molar-refractivity contribution is 5.70. The Kier molecular flexibility index (Phi) is 4.83. The second kappa shape index (κ2) is 6.88. The number of para-hydroxylation sites is 1. The van der Waals surface area contributed by atoms with Crippen LogP contribution in [0.4, 0.5) is 4.79 Å². The molecule has 0 spiro atoms. The summed E-state index contributed by atoms with van der Waals surface area (Å²) in [7, 11) is 0. The third-order valence-electron chi connectivity index (χ3n) is 4.51. The summed E-state index contributed by atoms with van der Waals surface area (Å²) in [6, 6.07) is 10.4. The largest absolute Gasteiger partial charge is 0.493 e. The molecule has 1 saturated heterocycles. The van der Waals surface area contributed by atoms with Crippen LogP contribution in [0.2, 0.25) is 0 Å². The molecule has 2 aliphatic rings. The van der Waals surface area contributed by atoms with Crippen LogP contribution < -0.4 is 4.74 Å². The van der Waals surface area contributed by atoms with Crippen molar-refractivity contribution in [2.75, 3.05) is 6.61 Å². The minimum absolute atomic E-state index is 0.175. The predicted molar refractivity (Wildman–Crippen MR) is 94.1 cm³/mol. The summed E-state index contributed by atoms with van der Waals surface area (Å²) in [5.74, 6) is 0.910. The van der Waals surface area contributed by atoms with Crippen molar-refractivity contribution >= 4 is 6.09 Å². The summed E-state index contributed by atoms with van der Waals surface area (Å²) < 4.78 is 11.4. The fourth-order valence-corrected chi connectivity index (χ4v) is 3.52. The summed E-state index contributed by atoms with van der Waals surface area (Å²) in [5, 5.41) is 0. The molecule has 4 heteroatoms. The van der Waals surface area contributed by atoms with Crippen LogP contribution in [0.3, 0.4) is 0 Å². The van der Waals surface area contributed by atoms with Gasteiger partial charge in [0.1, 0.15) is 11.4 Å². The fraction of sp³-hybridized carbons (Fsp3) is 0.550. The minimum atomic E-state index is -0.440. The Morgan fingerprint density at radius 1 is 1.21 bits per heavy atom. The number of ether oxygens (including phenoxy) is 2. The average molecular weight is 329 g/mol. The van der Waals surface area contributed by atoms with E-state index in [9.17, 15) is 4.79 Å². The summed E-state index contributed by atoms with van der Waals surface area (Å²) in [4.78, 5) is 14.4. The highest BCUT2D eigenvalue weighted by atomic mass is 16.6. The maximum Gasteiger partial charge on any atom is 0.411 e. The van der Waals surface area contributed by atoms with E-state index in [0.717, 1.165) is 31.4 Å². The number of nitrogens with zero attached hydrogens (tertiary/aromatic N) is 1. The minimum Gasteiger partial charge on any atom is -0.493 e. The van der Waals surface area contributed by atoms with Gasteiger partial charge < -0.3 is 9.47 Å². The lowest BCUT2D eigenvalue weighted by atomic mass is 9.99. The number of amides is 1. The smallest absolute Gasteiger partial charge is 0.411 e. The van der Waals surface area contributed by atoms with Gasteiger partial charge in [0.25, 0.3) is 0 Å². The summed E-state index contributed by atoms with van der Waals surface area (Å²) in [6.45, 7) is 6.43. The lowest BCUT2D eigenvalue weighted by molar-refractivity contribution is 0.0165. The van der Waals surface area contributed by atoms with E-state index in [2.05, 4.69) is 6.08 Å². The zero-order chi connectivity index (χ0) is 17.2. The molecule has 0 aromatic heterocycles. The maximum atomic E-state index is 12.4. The van der Waals surface area contributed by atoms with Gasteiger partial charge in [-0.2, -0.15) is 0 Å². The molecule has 1 fully saturated rings. The number of fused-ring (bicyclic) bond motifs is 2. The topological polar surface area (TPSA) is 38.8 Å².